The average Bonchev–Trinajstić information content (AvgIpc) is 3.12. The predicted octanol–water partition coefficient (Wildman–Crippen LogP) is 5.88. The van der Waals surface area contributed by atoms with Gasteiger partial charge in [-0.2, -0.15) is 9.36 Å². The quantitative estimate of drug-likeness (QED) is 0.475. The van der Waals surface area contributed by atoms with Crippen LogP contribution in [0.4, 0.5) is 0 Å². The minimum atomic E-state index is 0. The minimum absolute atomic E-state index is 0. The molecule has 0 amide bonds. The Hall–Kier alpha value is -1.66. The molecule has 0 aliphatic carbocycles. The van der Waals surface area contributed by atoms with Gasteiger partial charge in [0.15, 0.2) is 5.82 Å². The van der Waals surface area contributed by atoms with Crippen LogP contribution in [0, 0.1) is 6.92 Å². The van der Waals surface area contributed by atoms with Crippen molar-refractivity contribution in [3.05, 3.63) is 58.6 Å². The summed E-state index contributed by atoms with van der Waals surface area (Å²) < 4.78 is 10.3. The van der Waals surface area contributed by atoms with Gasteiger partial charge in [0, 0.05) is 23.6 Å². The molecule has 3 aromatic rings. The third-order valence-electron chi connectivity index (χ3n) is 4.33. The van der Waals surface area contributed by atoms with Crippen LogP contribution in [0.1, 0.15) is 18.1 Å². The molecular formula is C20H23Cl2N3OS. The summed E-state index contributed by atoms with van der Waals surface area (Å²) in [5.74, 6) is 1.28. The van der Waals surface area contributed by atoms with Crippen molar-refractivity contribution in [2.24, 2.45) is 0 Å². The van der Waals surface area contributed by atoms with Crippen LogP contribution in [0.2, 0.25) is 5.02 Å². The van der Waals surface area contributed by atoms with Gasteiger partial charge in [0.2, 0.25) is 0 Å². The maximum Gasteiger partial charge on any atom is 0.299 e. The predicted molar refractivity (Wildman–Crippen MR) is 116 cm³/mol. The summed E-state index contributed by atoms with van der Waals surface area (Å²) in [6.45, 7) is 6.28. The Labute approximate surface area is 175 Å². The molecule has 1 heterocycles. The second-order valence-electron chi connectivity index (χ2n) is 6.21. The van der Waals surface area contributed by atoms with Gasteiger partial charge in [-0.15, -0.1) is 12.4 Å². The molecule has 0 atom stereocenters. The fourth-order valence-electron chi connectivity index (χ4n) is 2.56. The first-order chi connectivity index (χ1) is 12.6. The Morgan fingerprint density at radius 2 is 1.93 bits per heavy atom. The lowest BCUT2D eigenvalue weighted by atomic mass is 10.1. The fourth-order valence-corrected chi connectivity index (χ4v) is 3.35. The van der Waals surface area contributed by atoms with Crippen LogP contribution in [0.15, 0.2) is 42.5 Å². The summed E-state index contributed by atoms with van der Waals surface area (Å²) in [4.78, 5) is 6.74. The van der Waals surface area contributed by atoms with Crippen molar-refractivity contribution in [3.8, 4) is 22.3 Å². The van der Waals surface area contributed by atoms with E-state index in [1.165, 1.54) is 22.7 Å². The first-order valence-corrected chi connectivity index (χ1v) is 9.76. The summed E-state index contributed by atoms with van der Waals surface area (Å²) in [5, 5.41) is 1.09. The Morgan fingerprint density at radius 3 is 2.63 bits per heavy atom. The second kappa shape index (κ2) is 10.0. The van der Waals surface area contributed by atoms with Crippen molar-refractivity contribution >= 4 is 35.5 Å². The maximum atomic E-state index is 6.44. The van der Waals surface area contributed by atoms with Gasteiger partial charge in [0.25, 0.3) is 5.19 Å². The molecule has 0 N–H and O–H groups in total. The number of halogens is 2. The number of hydrogen-bond donors (Lipinski definition) is 0. The number of likely N-dealkylation sites (N-methyl/N-ethyl adjacent to an activating group) is 1. The first-order valence-electron chi connectivity index (χ1n) is 8.61. The molecule has 0 aliphatic rings. The van der Waals surface area contributed by atoms with E-state index >= 15 is 0 Å². The number of hydrogen-bond acceptors (Lipinski definition) is 5. The molecule has 0 radical (unpaired) electrons. The van der Waals surface area contributed by atoms with Gasteiger partial charge in [0.05, 0.1) is 5.02 Å². The summed E-state index contributed by atoms with van der Waals surface area (Å²) in [7, 11) is 2.12. The highest BCUT2D eigenvalue weighted by molar-refractivity contribution is 7.07. The van der Waals surface area contributed by atoms with Crippen molar-refractivity contribution in [1.82, 2.24) is 14.3 Å². The molecule has 0 bridgehead atoms. The maximum absolute atomic E-state index is 6.44. The van der Waals surface area contributed by atoms with E-state index in [0.29, 0.717) is 21.8 Å². The fraction of sp³-hybridized carbons (Fsp3) is 0.300. The zero-order valence-electron chi connectivity index (χ0n) is 15.6. The number of ether oxygens (including phenoxy) is 1. The van der Waals surface area contributed by atoms with Gasteiger partial charge in [-0.1, -0.05) is 48.9 Å². The van der Waals surface area contributed by atoms with Crippen LogP contribution < -0.4 is 4.74 Å². The molecule has 27 heavy (non-hydrogen) atoms. The van der Waals surface area contributed by atoms with E-state index in [2.05, 4.69) is 35.2 Å². The molecule has 0 fully saturated rings. The van der Waals surface area contributed by atoms with E-state index in [0.717, 1.165) is 25.1 Å². The third-order valence-corrected chi connectivity index (χ3v) is 5.22. The molecule has 0 saturated carbocycles. The minimum Gasteiger partial charge on any atom is -0.428 e. The van der Waals surface area contributed by atoms with Gasteiger partial charge >= 0.3 is 0 Å². The highest BCUT2D eigenvalue weighted by atomic mass is 35.5. The van der Waals surface area contributed by atoms with E-state index in [-0.39, 0.29) is 12.4 Å². The monoisotopic (exact) mass is 423 g/mol. The molecule has 0 saturated heterocycles. The summed E-state index contributed by atoms with van der Waals surface area (Å²) in [6, 6.07) is 13.8. The largest absolute Gasteiger partial charge is 0.428 e. The average molecular weight is 424 g/mol. The van der Waals surface area contributed by atoms with Gasteiger partial charge in [-0.3, -0.25) is 0 Å². The molecule has 4 nitrogen and oxygen atoms in total. The van der Waals surface area contributed by atoms with Gasteiger partial charge < -0.3 is 9.64 Å². The molecular weight excluding hydrogens is 401 g/mol. The summed E-state index contributed by atoms with van der Waals surface area (Å²) in [6.07, 6.45) is 0.965. The van der Waals surface area contributed by atoms with E-state index in [1.807, 2.05) is 42.5 Å². The molecule has 0 spiro atoms. The van der Waals surface area contributed by atoms with E-state index in [4.69, 9.17) is 16.3 Å². The topological polar surface area (TPSA) is 38.2 Å². The summed E-state index contributed by atoms with van der Waals surface area (Å²) in [5.41, 5.74) is 3.38. The highest BCUT2D eigenvalue weighted by Gasteiger charge is 2.12. The molecule has 2 aromatic carbocycles. The lowest BCUT2D eigenvalue weighted by molar-refractivity contribution is 0.357. The van der Waals surface area contributed by atoms with Crippen LogP contribution in [0.25, 0.3) is 11.4 Å². The van der Waals surface area contributed by atoms with E-state index < -0.39 is 0 Å². The number of aryl methyl sites for hydroxylation is 1. The van der Waals surface area contributed by atoms with Gasteiger partial charge in [-0.05, 0) is 50.2 Å². The van der Waals surface area contributed by atoms with Crippen molar-refractivity contribution in [2.75, 3.05) is 20.1 Å². The molecule has 3 rings (SSSR count). The lowest BCUT2D eigenvalue weighted by Crippen LogP contribution is -2.20. The van der Waals surface area contributed by atoms with Crippen LogP contribution >= 0.6 is 35.5 Å². The number of aromatic nitrogens is 2. The smallest absolute Gasteiger partial charge is 0.299 e. The van der Waals surface area contributed by atoms with Crippen molar-refractivity contribution < 1.29 is 4.74 Å². The molecule has 7 heteroatoms. The van der Waals surface area contributed by atoms with Crippen LogP contribution in [0.5, 0.6) is 10.9 Å². The van der Waals surface area contributed by atoms with Gasteiger partial charge in [0.1, 0.15) is 5.75 Å². The normalized spacial score (nSPS) is 10.7. The molecule has 0 aliphatic heterocycles. The van der Waals surface area contributed by atoms with E-state index in [9.17, 15) is 0 Å². The third kappa shape index (κ3) is 5.66. The van der Waals surface area contributed by atoms with Crippen molar-refractivity contribution in [2.45, 2.75) is 20.3 Å². The standard InChI is InChI=1S/C20H22ClN3OS.ClH/c1-4-24(3)11-10-16-13-17(21)18(12-14(16)2)25-20-22-19(23-26-20)15-8-6-5-7-9-15;/h5-9,12-13H,4,10-11H2,1-3H3;1H. The number of benzene rings is 2. The molecule has 144 valence electrons. The van der Waals surface area contributed by atoms with Crippen LogP contribution in [0.3, 0.4) is 0 Å². The van der Waals surface area contributed by atoms with E-state index in [1.54, 1.807) is 0 Å². The van der Waals surface area contributed by atoms with Crippen LogP contribution in [-0.2, 0) is 6.42 Å². The number of nitrogens with zero attached hydrogens (tertiary/aromatic N) is 3. The van der Waals surface area contributed by atoms with Crippen LogP contribution in [-0.4, -0.2) is 34.4 Å². The lowest BCUT2D eigenvalue weighted by Gasteiger charge is -2.15. The first kappa shape index (κ1) is 21.6. The van der Waals surface area contributed by atoms with Gasteiger partial charge in [-0.25, -0.2) is 0 Å². The molecule has 0 unspecified atom stereocenters. The number of rotatable bonds is 7. The zero-order chi connectivity index (χ0) is 18.5. The Kier molecular flexibility index (Phi) is 8.05. The van der Waals surface area contributed by atoms with Crippen molar-refractivity contribution in [1.29, 1.82) is 0 Å². The highest BCUT2D eigenvalue weighted by Crippen LogP contribution is 2.34. The van der Waals surface area contributed by atoms with Crippen molar-refractivity contribution in [3.63, 3.8) is 0 Å². The Bertz CT molecular complexity index is 871. The SMILES string of the molecule is CCN(C)CCc1cc(Cl)c(Oc2nc(-c3ccccc3)ns2)cc1C.Cl. The summed E-state index contributed by atoms with van der Waals surface area (Å²) >= 11 is 7.67. The second-order valence-corrected chi connectivity index (χ2v) is 7.33. The Morgan fingerprint density at radius 1 is 1.19 bits per heavy atom. The zero-order valence-corrected chi connectivity index (χ0v) is 18.0. The Balaban J connectivity index is 0.00000261. The molecule has 1 aromatic heterocycles.